The quantitative estimate of drug-likeness (QED) is 0.902. The van der Waals surface area contributed by atoms with Crippen molar-refractivity contribution in [3.05, 3.63) is 16.9 Å². The number of sulfone groups is 1. The van der Waals surface area contributed by atoms with E-state index < -0.39 is 15.1 Å². The molecule has 0 radical (unpaired) electrons. The minimum atomic E-state index is -3.07. The van der Waals surface area contributed by atoms with Crippen LogP contribution < -0.4 is 5.32 Å². The van der Waals surface area contributed by atoms with Gasteiger partial charge in [0.25, 0.3) is 0 Å². The second-order valence-electron chi connectivity index (χ2n) is 5.33. The van der Waals surface area contributed by atoms with Crippen LogP contribution in [0.3, 0.4) is 0 Å². The minimum absolute atomic E-state index is 0.275. The molecule has 1 saturated heterocycles. The summed E-state index contributed by atoms with van der Waals surface area (Å²) in [4.78, 5) is 0. The molecule has 2 rings (SSSR count). The smallest absolute Gasteiger partial charge is 0.155 e. The van der Waals surface area contributed by atoms with Crippen molar-refractivity contribution in [2.24, 2.45) is 7.05 Å². The Labute approximate surface area is 125 Å². The van der Waals surface area contributed by atoms with Gasteiger partial charge in [-0.15, -0.1) is 0 Å². The Hall–Kier alpha value is -0.590. The first kappa shape index (κ1) is 15.8. The number of nitrogens with one attached hydrogen (secondary N) is 1. The van der Waals surface area contributed by atoms with E-state index >= 15 is 0 Å². The number of hydrogen-bond acceptors (Lipinski definition) is 4. The molecule has 1 aromatic rings. The predicted molar refractivity (Wildman–Crippen MR) is 80.7 cm³/mol. The van der Waals surface area contributed by atoms with Gasteiger partial charge in [0.2, 0.25) is 0 Å². The van der Waals surface area contributed by atoms with Crippen LogP contribution in [0.25, 0.3) is 0 Å². The Balaban J connectivity index is 2.37. The summed E-state index contributed by atoms with van der Waals surface area (Å²) in [7, 11) is -1.27. The zero-order chi connectivity index (χ0) is 14.8. The molecular weight excluding hydrogens is 298 g/mol. The first-order chi connectivity index (χ1) is 9.47. The molecule has 114 valence electrons. The minimum Gasteiger partial charge on any atom is -0.308 e. The van der Waals surface area contributed by atoms with Crippen LogP contribution in [0.15, 0.2) is 6.20 Å². The molecule has 0 spiro atoms. The summed E-state index contributed by atoms with van der Waals surface area (Å²) in [5.41, 5.74) is 0.774. The van der Waals surface area contributed by atoms with Gasteiger partial charge in [0.1, 0.15) is 0 Å². The fourth-order valence-electron chi connectivity index (χ4n) is 2.83. The Morgan fingerprint density at radius 1 is 1.55 bits per heavy atom. The van der Waals surface area contributed by atoms with Gasteiger partial charge in [-0.2, -0.15) is 5.10 Å². The molecule has 0 amide bonds. The molecule has 1 fully saturated rings. The van der Waals surface area contributed by atoms with Crippen molar-refractivity contribution in [1.82, 2.24) is 15.1 Å². The number of nitrogens with zero attached hydrogens (tertiary/aromatic N) is 2. The van der Waals surface area contributed by atoms with E-state index in [2.05, 4.69) is 17.3 Å². The standard InChI is InChI=1S/C13H22ClN3O2S/c1-3-7-15-12(13-10(14)9-16-17(13)2)11-6-4-5-8-20(11,18)19/h9,11-12,15H,3-8H2,1-2H3. The van der Waals surface area contributed by atoms with Gasteiger partial charge in [-0.1, -0.05) is 24.9 Å². The van der Waals surface area contributed by atoms with Crippen LogP contribution in [0.5, 0.6) is 0 Å². The lowest BCUT2D eigenvalue weighted by molar-refractivity contribution is 0.428. The van der Waals surface area contributed by atoms with Crippen molar-refractivity contribution >= 4 is 21.4 Å². The molecule has 0 saturated carbocycles. The van der Waals surface area contributed by atoms with Gasteiger partial charge in [0.05, 0.1) is 34.0 Å². The number of aryl methyl sites for hydroxylation is 1. The number of halogens is 1. The maximum atomic E-state index is 12.4. The van der Waals surface area contributed by atoms with Crippen LogP contribution >= 0.6 is 11.6 Å². The van der Waals surface area contributed by atoms with Crippen LogP contribution in [-0.2, 0) is 16.9 Å². The van der Waals surface area contributed by atoms with Crippen molar-refractivity contribution in [3.8, 4) is 0 Å². The number of rotatable bonds is 5. The monoisotopic (exact) mass is 319 g/mol. The highest BCUT2D eigenvalue weighted by atomic mass is 35.5. The van der Waals surface area contributed by atoms with Crippen molar-refractivity contribution in [3.63, 3.8) is 0 Å². The second-order valence-corrected chi connectivity index (χ2v) is 8.08. The summed E-state index contributed by atoms with van der Waals surface area (Å²) in [6.07, 6.45) is 4.92. The predicted octanol–water partition coefficient (Wildman–Crippen LogP) is 2.08. The number of hydrogen-bond donors (Lipinski definition) is 1. The van der Waals surface area contributed by atoms with Crippen LogP contribution in [0.1, 0.15) is 44.3 Å². The van der Waals surface area contributed by atoms with Crippen molar-refractivity contribution in [1.29, 1.82) is 0 Å². The topological polar surface area (TPSA) is 64.0 Å². The van der Waals surface area contributed by atoms with Gasteiger partial charge in [-0.05, 0) is 25.8 Å². The highest BCUT2D eigenvalue weighted by molar-refractivity contribution is 7.92. The Kier molecular flexibility index (Phi) is 5.09. The average molecular weight is 320 g/mol. The van der Waals surface area contributed by atoms with Crippen LogP contribution in [-0.4, -0.2) is 35.7 Å². The van der Waals surface area contributed by atoms with Gasteiger partial charge in [0, 0.05) is 7.05 Å². The zero-order valence-electron chi connectivity index (χ0n) is 12.0. The molecule has 0 aromatic carbocycles. The Morgan fingerprint density at radius 3 is 2.85 bits per heavy atom. The molecular formula is C13H22ClN3O2S. The maximum absolute atomic E-state index is 12.4. The van der Waals surface area contributed by atoms with Crippen molar-refractivity contribution < 1.29 is 8.42 Å². The van der Waals surface area contributed by atoms with E-state index in [1.165, 1.54) is 0 Å². The normalized spacial score (nSPS) is 23.6. The highest BCUT2D eigenvalue weighted by Crippen LogP contribution is 2.33. The molecule has 5 nitrogen and oxygen atoms in total. The molecule has 1 aliphatic heterocycles. The third-order valence-electron chi connectivity index (χ3n) is 3.85. The summed E-state index contributed by atoms with van der Waals surface area (Å²) in [6, 6.07) is -0.278. The molecule has 0 bridgehead atoms. The van der Waals surface area contributed by atoms with Crippen LogP contribution in [0, 0.1) is 0 Å². The molecule has 2 atom stereocenters. The lowest BCUT2D eigenvalue weighted by atomic mass is 10.0. The van der Waals surface area contributed by atoms with Gasteiger partial charge in [0.15, 0.2) is 9.84 Å². The zero-order valence-corrected chi connectivity index (χ0v) is 13.5. The first-order valence-corrected chi connectivity index (χ1v) is 9.19. The maximum Gasteiger partial charge on any atom is 0.155 e. The van der Waals surface area contributed by atoms with E-state index in [9.17, 15) is 8.42 Å². The van der Waals surface area contributed by atoms with E-state index in [-0.39, 0.29) is 11.8 Å². The molecule has 2 unspecified atom stereocenters. The van der Waals surface area contributed by atoms with E-state index in [1.54, 1.807) is 17.9 Å². The Morgan fingerprint density at radius 2 is 2.30 bits per heavy atom. The summed E-state index contributed by atoms with van der Waals surface area (Å²) in [5.74, 6) is 0.275. The summed E-state index contributed by atoms with van der Waals surface area (Å²) >= 11 is 6.21. The molecule has 1 aromatic heterocycles. The van der Waals surface area contributed by atoms with Gasteiger partial charge in [-0.3, -0.25) is 4.68 Å². The fraction of sp³-hybridized carbons (Fsp3) is 0.769. The van der Waals surface area contributed by atoms with Crippen LogP contribution in [0.4, 0.5) is 0 Å². The van der Waals surface area contributed by atoms with E-state index in [1.807, 2.05) is 0 Å². The molecule has 0 aliphatic carbocycles. The molecule has 1 aliphatic rings. The van der Waals surface area contributed by atoms with E-state index in [0.717, 1.165) is 31.5 Å². The van der Waals surface area contributed by atoms with Crippen LogP contribution in [0.2, 0.25) is 5.02 Å². The first-order valence-electron chi connectivity index (χ1n) is 7.09. The largest absolute Gasteiger partial charge is 0.308 e. The lowest BCUT2D eigenvalue weighted by Crippen LogP contribution is -2.41. The lowest BCUT2D eigenvalue weighted by Gasteiger charge is -2.31. The third-order valence-corrected chi connectivity index (χ3v) is 6.43. The molecule has 7 heteroatoms. The van der Waals surface area contributed by atoms with E-state index in [0.29, 0.717) is 11.4 Å². The highest BCUT2D eigenvalue weighted by Gasteiger charge is 2.38. The number of aromatic nitrogens is 2. The fourth-order valence-corrected chi connectivity index (χ4v) is 5.19. The summed E-state index contributed by atoms with van der Waals surface area (Å²) in [6.45, 7) is 2.82. The average Bonchev–Trinajstić information content (AvgIpc) is 2.72. The third kappa shape index (κ3) is 3.18. The van der Waals surface area contributed by atoms with Gasteiger partial charge < -0.3 is 5.32 Å². The van der Waals surface area contributed by atoms with Gasteiger partial charge in [-0.25, -0.2) is 8.42 Å². The van der Waals surface area contributed by atoms with Crippen molar-refractivity contribution in [2.75, 3.05) is 12.3 Å². The Bertz CT molecular complexity index is 536. The molecule has 1 N–H and O–H groups in total. The molecule has 2 heterocycles. The summed E-state index contributed by atoms with van der Waals surface area (Å²) < 4.78 is 26.5. The second kappa shape index (κ2) is 6.45. The SMILES string of the molecule is CCCNC(c1c(Cl)cnn1C)C1CCCCS1(=O)=O. The molecule has 20 heavy (non-hydrogen) atoms. The van der Waals surface area contributed by atoms with Gasteiger partial charge >= 0.3 is 0 Å². The van der Waals surface area contributed by atoms with E-state index in [4.69, 9.17) is 11.6 Å². The van der Waals surface area contributed by atoms with Crippen molar-refractivity contribution in [2.45, 2.75) is 43.9 Å². The summed E-state index contributed by atoms with van der Waals surface area (Å²) in [5, 5.41) is 7.61.